The molecule has 2 fully saturated rings. The second-order valence-electron chi connectivity index (χ2n) is 5.96. The summed E-state index contributed by atoms with van der Waals surface area (Å²) in [6.07, 6.45) is 2.66. The Morgan fingerprint density at radius 1 is 1.38 bits per heavy atom. The Bertz CT molecular complexity index is 824. The van der Waals surface area contributed by atoms with Crippen molar-refractivity contribution in [1.82, 2.24) is 0 Å². The second-order valence-corrected chi connectivity index (χ2v) is 6.37. The first-order valence-electron chi connectivity index (χ1n) is 7.19. The van der Waals surface area contributed by atoms with Gasteiger partial charge >= 0.3 is 0 Å². The first-order valence-corrected chi connectivity index (χ1v) is 7.57. The first-order chi connectivity index (χ1) is 11.4. The van der Waals surface area contributed by atoms with Gasteiger partial charge in [0.15, 0.2) is 0 Å². The van der Waals surface area contributed by atoms with Crippen LogP contribution >= 0.6 is 11.6 Å². The Morgan fingerprint density at radius 2 is 2.12 bits per heavy atom. The summed E-state index contributed by atoms with van der Waals surface area (Å²) in [5.74, 6) is -2.73. The molecule has 0 spiro atoms. The van der Waals surface area contributed by atoms with Crippen molar-refractivity contribution >= 4 is 34.8 Å². The zero-order valence-corrected chi connectivity index (χ0v) is 12.8. The SMILES string of the molecule is O=C1[C@@H]2[C@@H]3C=C[C@](CO)(O3)[C@@H]2C(=O)N1c1cc([N+](=O)[O-])ccc1Cl. The molecular formula is C15H11ClN2O6. The van der Waals surface area contributed by atoms with E-state index in [1.165, 1.54) is 12.1 Å². The number of hydrogen-bond donors (Lipinski definition) is 1. The van der Waals surface area contributed by atoms with Crippen LogP contribution in [0.15, 0.2) is 30.4 Å². The third-order valence-corrected chi connectivity index (χ3v) is 5.10. The van der Waals surface area contributed by atoms with E-state index in [0.717, 1.165) is 11.0 Å². The van der Waals surface area contributed by atoms with Gasteiger partial charge in [-0.2, -0.15) is 0 Å². The highest BCUT2D eigenvalue weighted by molar-refractivity contribution is 6.36. The summed E-state index contributed by atoms with van der Waals surface area (Å²) in [6.45, 7) is -0.434. The molecule has 1 N–H and O–H groups in total. The van der Waals surface area contributed by atoms with Gasteiger partial charge in [-0.1, -0.05) is 23.8 Å². The van der Waals surface area contributed by atoms with E-state index in [-0.39, 0.29) is 16.4 Å². The van der Waals surface area contributed by atoms with Crippen LogP contribution in [0.3, 0.4) is 0 Å². The second kappa shape index (κ2) is 4.85. The third kappa shape index (κ3) is 1.75. The minimum Gasteiger partial charge on any atom is -0.393 e. The van der Waals surface area contributed by atoms with Crippen LogP contribution in [0.2, 0.25) is 5.02 Å². The predicted octanol–water partition coefficient (Wildman–Crippen LogP) is 1.05. The summed E-state index contributed by atoms with van der Waals surface area (Å²) in [6, 6.07) is 3.57. The van der Waals surface area contributed by atoms with Crippen LogP contribution in [0.25, 0.3) is 0 Å². The van der Waals surface area contributed by atoms with Crippen molar-refractivity contribution in [2.75, 3.05) is 11.5 Å². The molecule has 4 atom stereocenters. The standard InChI is InChI=1S/C15H11ClN2O6/c16-8-2-1-7(18(22)23)5-9(8)17-13(20)11-10-3-4-15(6-19,24-10)12(11)14(17)21/h1-5,10-12,19H,6H2/t10-,11+,12-,15+/m0/s1. The Hall–Kier alpha value is -2.29. The average Bonchev–Trinajstić information content (AvgIpc) is 3.19. The zero-order valence-electron chi connectivity index (χ0n) is 12.1. The number of aliphatic hydroxyl groups excluding tert-OH is 1. The van der Waals surface area contributed by atoms with Crippen LogP contribution in [0.5, 0.6) is 0 Å². The monoisotopic (exact) mass is 350 g/mol. The van der Waals surface area contributed by atoms with Crippen molar-refractivity contribution in [3.63, 3.8) is 0 Å². The molecule has 0 radical (unpaired) electrons. The van der Waals surface area contributed by atoms with Crippen LogP contribution in [0.4, 0.5) is 11.4 Å². The molecule has 1 aromatic carbocycles. The number of nitro benzene ring substituents is 1. The molecule has 0 unspecified atom stereocenters. The lowest BCUT2D eigenvalue weighted by Gasteiger charge is -2.26. The van der Waals surface area contributed by atoms with Crippen LogP contribution in [0, 0.1) is 22.0 Å². The van der Waals surface area contributed by atoms with E-state index in [1.54, 1.807) is 12.2 Å². The Kier molecular flexibility index (Phi) is 3.08. The molecule has 0 saturated carbocycles. The van der Waals surface area contributed by atoms with Gasteiger partial charge < -0.3 is 9.84 Å². The Balaban J connectivity index is 1.80. The molecule has 9 heteroatoms. The van der Waals surface area contributed by atoms with E-state index < -0.39 is 46.9 Å². The third-order valence-electron chi connectivity index (χ3n) is 4.78. The van der Waals surface area contributed by atoms with E-state index >= 15 is 0 Å². The molecular weight excluding hydrogens is 340 g/mol. The molecule has 1 aromatic rings. The number of hydrogen-bond acceptors (Lipinski definition) is 6. The number of anilines is 1. The van der Waals surface area contributed by atoms with Gasteiger partial charge in [0.25, 0.3) is 5.69 Å². The van der Waals surface area contributed by atoms with Gasteiger partial charge in [-0.25, -0.2) is 4.90 Å². The number of benzene rings is 1. The molecule has 4 rings (SSSR count). The molecule has 2 bridgehead atoms. The largest absolute Gasteiger partial charge is 0.393 e. The molecule has 2 amide bonds. The fourth-order valence-corrected chi connectivity index (χ4v) is 3.91. The highest BCUT2D eigenvalue weighted by Crippen LogP contribution is 2.52. The highest BCUT2D eigenvalue weighted by atomic mass is 35.5. The maximum Gasteiger partial charge on any atom is 0.271 e. The normalized spacial score (nSPS) is 33.4. The average molecular weight is 351 g/mol. The van der Waals surface area contributed by atoms with Crippen molar-refractivity contribution in [2.45, 2.75) is 11.7 Å². The van der Waals surface area contributed by atoms with Crippen LogP contribution in [-0.2, 0) is 14.3 Å². The van der Waals surface area contributed by atoms with Gasteiger partial charge in [-0.3, -0.25) is 19.7 Å². The molecule has 8 nitrogen and oxygen atoms in total. The number of aliphatic hydroxyl groups is 1. The number of ether oxygens (including phenoxy) is 1. The van der Waals surface area contributed by atoms with Gasteiger partial charge in [-0.05, 0) is 6.07 Å². The fraction of sp³-hybridized carbons (Fsp3) is 0.333. The quantitative estimate of drug-likeness (QED) is 0.377. The predicted molar refractivity (Wildman–Crippen MR) is 81.4 cm³/mol. The van der Waals surface area contributed by atoms with Crippen LogP contribution in [0.1, 0.15) is 0 Å². The first kappa shape index (κ1) is 15.3. The maximum absolute atomic E-state index is 12.8. The van der Waals surface area contributed by atoms with Crippen molar-refractivity contribution in [3.8, 4) is 0 Å². The van der Waals surface area contributed by atoms with E-state index in [9.17, 15) is 24.8 Å². The fourth-order valence-electron chi connectivity index (χ4n) is 3.71. The van der Waals surface area contributed by atoms with Gasteiger partial charge in [0.1, 0.15) is 5.60 Å². The van der Waals surface area contributed by atoms with Crippen molar-refractivity contribution in [1.29, 1.82) is 0 Å². The summed E-state index contributed by atoms with van der Waals surface area (Å²) in [5, 5.41) is 20.7. The van der Waals surface area contributed by atoms with Crippen molar-refractivity contribution < 1.29 is 24.4 Å². The number of amides is 2. The van der Waals surface area contributed by atoms with Gasteiger partial charge in [0.05, 0.1) is 40.2 Å². The summed E-state index contributed by atoms with van der Waals surface area (Å²) in [5.41, 5.74) is -1.52. The number of nitro groups is 1. The van der Waals surface area contributed by atoms with E-state index in [4.69, 9.17) is 16.3 Å². The number of carbonyl (C=O) groups excluding carboxylic acids is 2. The maximum atomic E-state index is 12.8. The molecule has 0 aliphatic carbocycles. The number of non-ortho nitro benzene ring substituents is 1. The summed E-state index contributed by atoms with van der Waals surface area (Å²) >= 11 is 6.06. The number of nitrogens with zero attached hydrogens (tertiary/aromatic N) is 2. The number of fused-ring (bicyclic) bond motifs is 5. The number of imide groups is 1. The van der Waals surface area contributed by atoms with E-state index in [0.29, 0.717) is 0 Å². The molecule has 0 aromatic heterocycles. The Morgan fingerprint density at radius 3 is 2.79 bits per heavy atom. The zero-order chi connectivity index (χ0) is 17.2. The highest BCUT2D eigenvalue weighted by Gasteiger charge is 2.67. The van der Waals surface area contributed by atoms with Crippen LogP contribution < -0.4 is 4.90 Å². The molecule has 124 valence electrons. The smallest absolute Gasteiger partial charge is 0.271 e. The lowest BCUT2D eigenvalue weighted by atomic mass is 9.77. The van der Waals surface area contributed by atoms with Gasteiger partial charge in [0, 0.05) is 12.1 Å². The molecule has 3 aliphatic heterocycles. The number of halogens is 1. The number of carbonyl (C=O) groups is 2. The van der Waals surface area contributed by atoms with Crippen LogP contribution in [-0.4, -0.2) is 40.2 Å². The summed E-state index contributed by atoms with van der Waals surface area (Å²) < 4.78 is 5.62. The molecule has 2 saturated heterocycles. The molecule has 24 heavy (non-hydrogen) atoms. The van der Waals surface area contributed by atoms with Crippen molar-refractivity contribution in [2.24, 2.45) is 11.8 Å². The topological polar surface area (TPSA) is 110 Å². The summed E-state index contributed by atoms with van der Waals surface area (Å²) in [4.78, 5) is 36.8. The lowest BCUT2D eigenvalue weighted by Crippen LogP contribution is -2.43. The molecule has 3 heterocycles. The van der Waals surface area contributed by atoms with E-state index in [2.05, 4.69) is 0 Å². The van der Waals surface area contributed by atoms with Crippen molar-refractivity contribution in [3.05, 3.63) is 45.5 Å². The number of rotatable bonds is 3. The van der Waals surface area contributed by atoms with Gasteiger partial charge in [0.2, 0.25) is 11.8 Å². The lowest BCUT2D eigenvalue weighted by molar-refractivity contribution is -0.384. The minimum atomic E-state index is -1.22. The summed E-state index contributed by atoms with van der Waals surface area (Å²) in [7, 11) is 0. The Labute approximate surface area is 140 Å². The minimum absolute atomic E-state index is 0.0252. The van der Waals surface area contributed by atoms with Gasteiger partial charge in [-0.15, -0.1) is 0 Å². The van der Waals surface area contributed by atoms with E-state index in [1.807, 2.05) is 0 Å². The molecule has 3 aliphatic rings.